The van der Waals surface area contributed by atoms with Crippen molar-refractivity contribution in [3.63, 3.8) is 0 Å². The van der Waals surface area contributed by atoms with Crippen LogP contribution >= 0.6 is 23.2 Å². The van der Waals surface area contributed by atoms with Crippen LogP contribution < -0.4 is 10.4 Å². The first-order chi connectivity index (χ1) is 9.97. The summed E-state index contributed by atoms with van der Waals surface area (Å²) in [4.78, 5) is 23.1. The Bertz CT molecular complexity index is 544. The highest BCUT2D eigenvalue weighted by atomic mass is 35.5. The third-order valence-electron chi connectivity index (χ3n) is 3.33. The van der Waals surface area contributed by atoms with E-state index < -0.39 is 23.9 Å². The number of halogens is 2. The number of benzene rings is 1. The minimum Gasteiger partial charge on any atom is -0.550 e. The summed E-state index contributed by atoms with van der Waals surface area (Å²) in [6, 6.07) is 4.65. The molecule has 1 heterocycles. The van der Waals surface area contributed by atoms with Gasteiger partial charge < -0.3 is 20.0 Å². The molecule has 1 fully saturated rings. The smallest absolute Gasteiger partial charge is 0.230 e. The van der Waals surface area contributed by atoms with Gasteiger partial charge in [0, 0.05) is 24.0 Å². The van der Waals surface area contributed by atoms with E-state index in [2.05, 4.69) is 5.32 Å². The second-order valence-corrected chi connectivity index (χ2v) is 5.69. The molecule has 1 aromatic carbocycles. The molecule has 1 N–H and O–H groups in total. The van der Waals surface area contributed by atoms with Crippen LogP contribution in [0.4, 0.5) is 5.69 Å². The number of carboxylic acid groups (broad SMARTS) is 1. The summed E-state index contributed by atoms with van der Waals surface area (Å²) in [7, 11) is 0. The quantitative estimate of drug-likeness (QED) is 0.893. The summed E-state index contributed by atoms with van der Waals surface area (Å²) in [5.41, 5.74) is 0.382. The van der Waals surface area contributed by atoms with Gasteiger partial charge in [-0.2, -0.15) is 0 Å². The van der Waals surface area contributed by atoms with Gasteiger partial charge in [0.2, 0.25) is 5.91 Å². The summed E-state index contributed by atoms with van der Waals surface area (Å²) in [6.07, 6.45) is 0.666. The molecule has 0 unspecified atom stereocenters. The monoisotopic (exact) mass is 330 g/mol. The molecule has 2 rings (SSSR count). The van der Waals surface area contributed by atoms with Crippen molar-refractivity contribution in [3.05, 3.63) is 28.2 Å². The second kappa shape index (κ2) is 7.11. The Balaban J connectivity index is 2.11. The van der Waals surface area contributed by atoms with Crippen LogP contribution in [0.1, 0.15) is 19.3 Å². The molecule has 0 bridgehead atoms. The number of rotatable bonds is 5. The lowest BCUT2D eigenvalue weighted by Gasteiger charge is -2.23. The summed E-state index contributed by atoms with van der Waals surface area (Å²) in [5, 5.41) is 14.2. The van der Waals surface area contributed by atoms with E-state index in [1.807, 2.05) is 0 Å². The molecule has 1 aliphatic rings. The van der Waals surface area contributed by atoms with Crippen molar-refractivity contribution in [2.24, 2.45) is 5.92 Å². The van der Waals surface area contributed by atoms with Gasteiger partial charge in [-0.1, -0.05) is 23.2 Å². The first-order valence-electron chi connectivity index (χ1n) is 6.54. The molecule has 0 saturated carbocycles. The molecular formula is C14H14Cl2NO4-. The van der Waals surface area contributed by atoms with Crippen molar-refractivity contribution in [2.45, 2.75) is 25.4 Å². The first-order valence-corrected chi connectivity index (χ1v) is 7.30. The molecule has 0 aromatic heterocycles. The Hall–Kier alpha value is -1.30. The molecular weight excluding hydrogens is 317 g/mol. The minimum atomic E-state index is -1.28. The van der Waals surface area contributed by atoms with Crippen molar-refractivity contribution in [1.29, 1.82) is 0 Å². The minimum absolute atomic E-state index is 0.287. The summed E-state index contributed by atoms with van der Waals surface area (Å²) >= 11 is 11.8. The van der Waals surface area contributed by atoms with E-state index in [-0.39, 0.29) is 11.4 Å². The lowest BCUT2D eigenvalue weighted by atomic mass is 9.95. The lowest BCUT2D eigenvalue weighted by molar-refractivity contribution is -0.307. The van der Waals surface area contributed by atoms with Gasteiger partial charge in [0.25, 0.3) is 0 Å². The number of carbonyl (C=O) groups is 2. The molecule has 0 spiro atoms. The predicted octanol–water partition coefficient (Wildman–Crippen LogP) is 1.87. The summed E-state index contributed by atoms with van der Waals surface area (Å²) < 4.78 is 5.42. The van der Waals surface area contributed by atoms with Crippen molar-refractivity contribution in [2.75, 3.05) is 11.9 Å². The Labute approximate surface area is 132 Å². The van der Waals surface area contributed by atoms with E-state index in [1.165, 1.54) is 6.07 Å². The highest BCUT2D eigenvalue weighted by molar-refractivity contribution is 6.36. The number of amides is 1. The fourth-order valence-corrected chi connectivity index (χ4v) is 2.76. The Morgan fingerprint density at radius 2 is 2.19 bits per heavy atom. The average molecular weight is 331 g/mol. The van der Waals surface area contributed by atoms with Crippen LogP contribution in [0.3, 0.4) is 0 Å². The van der Waals surface area contributed by atoms with Crippen molar-refractivity contribution < 1.29 is 19.4 Å². The van der Waals surface area contributed by atoms with Gasteiger partial charge in [0.15, 0.2) is 0 Å². The Morgan fingerprint density at radius 3 is 2.76 bits per heavy atom. The van der Waals surface area contributed by atoms with Crippen molar-refractivity contribution in [3.8, 4) is 0 Å². The Morgan fingerprint density at radius 1 is 1.43 bits per heavy atom. The molecule has 0 aliphatic carbocycles. The Kier molecular flexibility index (Phi) is 5.45. The standard InChI is InChI=1S/C14H15Cl2NO4/c15-8-3-4-11(10(16)6-8)17-14(20)9(7-13(18)19)12-2-1-5-21-12/h3-4,6,9,12H,1-2,5,7H2,(H,17,20)(H,18,19)/p-1/t9-,12-/m0/s1. The molecule has 1 saturated heterocycles. The maximum atomic E-state index is 12.3. The molecule has 114 valence electrons. The number of aliphatic carboxylic acids is 1. The van der Waals surface area contributed by atoms with Crippen LogP contribution in [0.15, 0.2) is 18.2 Å². The molecule has 2 atom stereocenters. The van der Waals surface area contributed by atoms with Crippen molar-refractivity contribution in [1.82, 2.24) is 0 Å². The normalized spacial score (nSPS) is 19.2. The molecule has 1 aromatic rings. The number of anilines is 1. The van der Waals surface area contributed by atoms with Gasteiger partial charge >= 0.3 is 0 Å². The largest absolute Gasteiger partial charge is 0.550 e. The van der Waals surface area contributed by atoms with E-state index in [0.29, 0.717) is 23.7 Å². The second-order valence-electron chi connectivity index (χ2n) is 4.85. The third-order valence-corrected chi connectivity index (χ3v) is 3.87. The molecule has 5 nitrogen and oxygen atoms in total. The van der Waals surface area contributed by atoms with Gasteiger partial charge in [-0.3, -0.25) is 4.79 Å². The van der Waals surface area contributed by atoms with E-state index in [0.717, 1.165) is 6.42 Å². The zero-order chi connectivity index (χ0) is 15.4. The molecule has 1 amide bonds. The van der Waals surface area contributed by atoms with E-state index in [4.69, 9.17) is 27.9 Å². The molecule has 7 heteroatoms. The molecule has 21 heavy (non-hydrogen) atoms. The van der Waals surface area contributed by atoms with Gasteiger partial charge in [-0.05, 0) is 31.0 Å². The molecule has 1 aliphatic heterocycles. The van der Waals surface area contributed by atoms with E-state index in [9.17, 15) is 14.7 Å². The van der Waals surface area contributed by atoms with Gasteiger partial charge in [-0.15, -0.1) is 0 Å². The van der Waals surface area contributed by atoms with Crippen LogP contribution in [0, 0.1) is 5.92 Å². The van der Waals surface area contributed by atoms with Crippen LogP contribution in [0.25, 0.3) is 0 Å². The highest BCUT2D eigenvalue weighted by Crippen LogP contribution is 2.28. The highest BCUT2D eigenvalue weighted by Gasteiger charge is 2.32. The van der Waals surface area contributed by atoms with Crippen LogP contribution in [0.5, 0.6) is 0 Å². The zero-order valence-electron chi connectivity index (χ0n) is 11.1. The van der Waals surface area contributed by atoms with Crippen LogP contribution in [-0.2, 0) is 14.3 Å². The van der Waals surface area contributed by atoms with E-state index >= 15 is 0 Å². The summed E-state index contributed by atoms with van der Waals surface area (Å²) in [6.45, 7) is 0.531. The van der Waals surface area contributed by atoms with Gasteiger partial charge in [0.05, 0.1) is 22.7 Å². The maximum absolute atomic E-state index is 12.3. The number of ether oxygens (including phenoxy) is 1. The van der Waals surface area contributed by atoms with Crippen LogP contribution in [0.2, 0.25) is 10.0 Å². The fourth-order valence-electron chi connectivity index (χ4n) is 2.31. The lowest BCUT2D eigenvalue weighted by Crippen LogP contribution is -2.38. The van der Waals surface area contributed by atoms with Gasteiger partial charge in [-0.25, -0.2) is 0 Å². The first kappa shape index (κ1) is 16.1. The van der Waals surface area contributed by atoms with Gasteiger partial charge in [0.1, 0.15) is 0 Å². The topological polar surface area (TPSA) is 78.5 Å². The fraction of sp³-hybridized carbons (Fsp3) is 0.429. The predicted molar refractivity (Wildman–Crippen MR) is 77.2 cm³/mol. The molecule has 0 radical (unpaired) electrons. The maximum Gasteiger partial charge on any atom is 0.230 e. The number of hydrogen-bond donors (Lipinski definition) is 1. The average Bonchev–Trinajstić information content (AvgIpc) is 2.92. The number of hydrogen-bond acceptors (Lipinski definition) is 4. The van der Waals surface area contributed by atoms with Crippen LogP contribution in [-0.4, -0.2) is 24.6 Å². The SMILES string of the molecule is O=C([O-])C[C@H](C(=O)Nc1ccc(Cl)cc1Cl)[C@@H]1CCCO1. The zero-order valence-corrected chi connectivity index (χ0v) is 12.6. The number of carboxylic acids is 1. The number of nitrogens with one attached hydrogen (secondary N) is 1. The van der Waals surface area contributed by atoms with E-state index in [1.54, 1.807) is 12.1 Å². The third kappa shape index (κ3) is 4.33. The number of carbonyl (C=O) groups excluding carboxylic acids is 2. The van der Waals surface area contributed by atoms with Crippen molar-refractivity contribution >= 4 is 40.8 Å². The summed E-state index contributed by atoms with van der Waals surface area (Å²) in [5.74, 6) is -2.53.